The van der Waals surface area contributed by atoms with Gasteiger partial charge in [-0.15, -0.1) is 11.3 Å². The number of hydrogen-bond acceptors (Lipinski definition) is 6. The van der Waals surface area contributed by atoms with Gasteiger partial charge in [0.05, 0.1) is 12.7 Å². The highest BCUT2D eigenvalue weighted by Crippen LogP contribution is 2.36. The molecule has 1 aromatic heterocycles. The minimum absolute atomic E-state index is 0.185. The Morgan fingerprint density at radius 2 is 2.30 bits per heavy atom. The van der Waals surface area contributed by atoms with Gasteiger partial charge in [-0.25, -0.2) is 17.8 Å². The normalized spacial score (nSPS) is 18.4. The van der Waals surface area contributed by atoms with Gasteiger partial charge >= 0.3 is 0 Å². The number of aliphatic hydroxyl groups is 1. The largest absolute Gasteiger partial charge is 0.493 e. The predicted molar refractivity (Wildman–Crippen MR) is 67.9 cm³/mol. The highest BCUT2D eigenvalue weighted by atomic mass is 32.2. The summed E-state index contributed by atoms with van der Waals surface area (Å²) in [6, 6.07) is 2.10. The summed E-state index contributed by atoms with van der Waals surface area (Å²) in [6.45, 7) is 0.254. The molecule has 105 valence electrons. The summed E-state index contributed by atoms with van der Waals surface area (Å²) in [5.41, 5.74) is 0.262. The number of rotatable bonds is 2. The summed E-state index contributed by atoms with van der Waals surface area (Å²) >= 11 is 0.860. The van der Waals surface area contributed by atoms with E-state index < -0.39 is 26.7 Å². The first-order valence-electron chi connectivity index (χ1n) is 5.71. The third kappa shape index (κ3) is 2.09. The SMILES string of the molecule is O=S(=O)(c1n[c]cs1)c1cc2c(cc1F)[C@H](O)CCO2. The Bertz CT molecular complexity index is 743. The third-order valence-electron chi connectivity index (χ3n) is 2.96. The fourth-order valence-electron chi connectivity index (χ4n) is 1.98. The number of thiazole rings is 1. The molecule has 0 bridgehead atoms. The number of nitrogens with zero attached hydrogens (tertiary/aromatic N) is 1. The number of aromatic nitrogens is 1. The number of fused-ring (bicyclic) bond motifs is 1. The van der Waals surface area contributed by atoms with Gasteiger partial charge in [0.1, 0.15) is 22.7 Å². The van der Waals surface area contributed by atoms with E-state index in [4.69, 9.17) is 4.74 Å². The molecule has 3 rings (SSSR count). The highest BCUT2D eigenvalue weighted by Gasteiger charge is 2.29. The number of aliphatic hydroxyl groups excluding tert-OH is 1. The van der Waals surface area contributed by atoms with Gasteiger partial charge < -0.3 is 9.84 Å². The van der Waals surface area contributed by atoms with Crippen LogP contribution < -0.4 is 4.74 Å². The van der Waals surface area contributed by atoms with Gasteiger partial charge in [0.25, 0.3) is 0 Å². The minimum atomic E-state index is -4.04. The van der Waals surface area contributed by atoms with E-state index in [9.17, 15) is 17.9 Å². The Balaban J connectivity index is 2.16. The number of sulfone groups is 1. The summed E-state index contributed by atoms with van der Waals surface area (Å²) in [7, 11) is -4.04. The van der Waals surface area contributed by atoms with Crippen molar-refractivity contribution in [1.82, 2.24) is 4.98 Å². The Morgan fingerprint density at radius 3 is 3.00 bits per heavy atom. The molecule has 1 atom stereocenters. The lowest BCUT2D eigenvalue weighted by molar-refractivity contribution is 0.114. The summed E-state index contributed by atoms with van der Waals surface area (Å²) < 4.78 is 43.6. The summed E-state index contributed by atoms with van der Waals surface area (Å²) in [5, 5.41) is 11.1. The van der Waals surface area contributed by atoms with E-state index >= 15 is 0 Å². The number of hydrogen-bond donors (Lipinski definition) is 1. The molecule has 0 unspecified atom stereocenters. The van der Waals surface area contributed by atoms with Crippen LogP contribution in [-0.4, -0.2) is 25.1 Å². The molecule has 1 aromatic carbocycles. The van der Waals surface area contributed by atoms with Gasteiger partial charge in [0.2, 0.25) is 14.2 Å². The van der Waals surface area contributed by atoms with Gasteiger partial charge in [0, 0.05) is 23.4 Å². The summed E-state index contributed by atoms with van der Waals surface area (Å²) in [4.78, 5) is 3.08. The second kappa shape index (κ2) is 4.80. The Hall–Kier alpha value is -1.51. The molecule has 8 heteroatoms. The first-order valence-corrected chi connectivity index (χ1v) is 8.07. The van der Waals surface area contributed by atoms with Gasteiger partial charge in [-0.2, -0.15) is 0 Å². The smallest absolute Gasteiger partial charge is 0.236 e. The van der Waals surface area contributed by atoms with E-state index in [1.54, 1.807) is 0 Å². The molecule has 0 aliphatic carbocycles. The maximum Gasteiger partial charge on any atom is 0.236 e. The van der Waals surface area contributed by atoms with Crippen molar-refractivity contribution < 1.29 is 22.7 Å². The number of ether oxygens (including phenoxy) is 1. The second-order valence-electron chi connectivity index (χ2n) is 4.22. The lowest BCUT2D eigenvalue weighted by atomic mass is 10.0. The van der Waals surface area contributed by atoms with Crippen molar-refractivity contribution in [3.63, 3.8) is 0 Å². The van der Waals surface area contributed by atoms with E-state index in [0.29, 0.717) is 6.42 Å². The first kappa shape index (κ1) is 13.5. The molecule has 0 saturated carbocycles. The highest BCUT2D eigenvalue weighted by molar-refractivity contribution is 7.93. The predicted octanol–water partition coefficient (Wildman–Crippen LogP) is 1.73. The molecule has 20 heavy (non-hydrogen) atoms. The average molecular weight is 314 g/mol. The van der Waals surface area contributed by atoms with Crippen molar-refractivity contribution in [2.75, 3.05) is 6.61 Å². The van der Waals surface area contributed by atoms with Crippen molar-refractivity contribution in [3.8, 4) is 5.75 Å². The molecule has 1 radical (unpaired) electrons. The molecule has 0 fully saturated rings. The van der Waals surface area contributed by atoms with Crippen LogP contribution in [0.4, 0.5) is 4.39 Å². The van der Waals surface area contributed by atoms with E-state index in [-0.39, 0.29) is 22.3 Å². The summed E-state index contributed by atoms with van der Waals surface area (Å²) in [5.74, 6) is -0.743. The Morgan fingerprint density at radius 1 is 1.50 bits per heavy atom. The van der Waals surface area contributed by atoms with Crippen LogP contribution in [-0.2, 0) is 9.84 Å². The Kier molecular flexibility index (Phi) is 3.23. The van der Waals surface area contributed by atoms with E-state index in [2.05, 4.69) is 11.2 Å². The first-order chi connectivity index (χ1) is 9.50. The molecule has 0 saturated heterocycles. The molecular weight excluding hydrogens is 305 g/mol. The van der Waals surface area contributed by atoms with E-state index in [1.807, 2.05) is 0 Å². The zero-order valence-electron chi connectivity index (χ0n) is 10.0. The molecular formula is C12H9FNO4S2. The fourth-order valence-corrected chi connectivity index (χ4v) is 4.15. The van der Waals surface area contributed by atoms with Crippen LogP contribution in [0.1, 0.15) is 18.1 Å². The second-order valence-corrected chi connectivity index (χ2v) is 7.17. The molecule has 0 amide bonds. The van der Waals surface area contributed by atoms with Gasteiger partial charge in [-0.3, -0.25) is 0 Å². The standard InChI is InChI=1S/C12H9FNO4S2/c13-8-5-7-9(15)1-3-18-10(7)6-11(8)20(16,17)12-14-2-4-19-12/h4-6,9,15H,1,3H2/t9-/m1/s1. The molecule has 0 spiro atoms. The monoisotopic (exact) mass is 314 g/mol. The zero-order valence-corrected chi connectivity index (χ0v) is 11.7. The minimum Gasteiger partial charge on any atom is -0.493 e. The average Bonchev–Trinajstić information content (AvgIpc) is 2.94. The lowest BCUT2D eigenvalue weighted by Gasteiger charge is -2.22. The Labute approximate surface area is 118 Å². The molecule has 1 aliphatic rings. The molecule has 5 nitrogen and oxygen atoms in total. The fraction of sp³-hybridized carbons (Fsp3) is 0.250. The van der Waals surface area contributed by atoms with Crippen molar-refractivity contribution in [1.29, 1.82) is 0 Å². The van der Waals surface area contributed by atoms with Gasteiger partial charge in [-0.1, -0.05) is 0 Å². The van der Waals surface area contributed by atoms with Crippen molar-refractivity contribution in [2.45, 2.75) is 21.8 Å². The molecule has 2 heterocycles. The number of benzene rings is 1. The van der Waals surface area contributed by atoms with Crippen LogP contribution in [0, 0.1) is 12.0 Å². The lowest BCUT2D eigenvalue weighted by Crippen LogP contribution is -2.15. The van der Waals surface area contributed by atoms with Crippen LogP contribution in [0.3, 0.4) is 0 Å². The molecule has 1 N–H and O–H groups in total. The molecule has 2 aromatic rings. The summed E-state index contributed by atoms with van der Waals surface area (Å²) in [6.07, 6.45) is 1.89. The van der Waals surface area contributed by atoms with Gasteiger partial charge in [-0.05, 0) is 6.07 Å². The number of halogens is 1. The maximum atomic E-state index is 14.1. The topological polar surface area (TPSA) is 76.5 Å². The quantitative estimate of drug-likeness (QED) is 0.913. The van der Waals surface area contributed by atoms with E-state index in [1.165, 1.54) is 5.38 Å². The van der Waals surface area contributed by atoms with Crippen LogP contribution >= 0.6 is 11.3 Å². The van der Waals surface area contributed by atoms with Crippen LogP contribution in [0.15, 0.2) is 26.7 Å². The van der Waals surface area contributed by atoms with Crippen molar-refractivity contribution in [2.24, 2.45) is 0 Å². The van der Waals surface area contributed by atoms with Crippen LogP contribution in [0.5, 0.6) is 5.75 Å². The van der Waals surface area contributed by atoms with Crippen LogP contribution in [0.25, 0.3) is 0 Å². The van der Waals surface area contributed by atoms with Gasteiger partial charge in [0.15, 0.2) is 0 Å². The van der Waals surface area contributed by atoms with Crippen LogP contribution in [0.2, 0.25) is 0 Å². The maximum absolute atomic E-state index is 14.1. The van der Waals surface area contributed by atoms with Crippen molar-refractivity contribution >= 4 is 21.2 Å². The van der Waals surface area contributed by atoms with E-state index in [0.717, 1.165) is 23.5 Å². The molecule has 1 aliphatic heterocycles. The zero-order chi connectivity index (χ0) is 14.3. The third-order valence-corrected chi connectivity index (χ3v) is 5.87. The van der Waals surface area contributed by atoms with Crippen molar-refractivity contribution in [3.05, 3.63) is 35.1 Å².